The molecule has 3 aromatic rings. The summed E-state index contributed by atoms with van der Waals surface area (Å²) >= 11 is 2.90. The van der Waals surface area contributed by atoms with Crippen molar-refractivity contribution in [3.63, 3.8) is 0 Å². The molecule has 0 radical (unpaired) electrons. The smallest absolute Gasteiger partial charge is 0.235 e. The van der Waals surface area contributed by atoms with Crippen LogP contribution in [0.15, 0.2) is 28.0 Å². The lowest BCUT2D eigenvalue weighted by Gasteiger charge is -2.36. The second kappa shape index (κ2) is 9.74. The first-order valence-electron chi connectivity index (χ1n) is 11.3. The molecule has 0 saturated carbocycles. The van der Waals surface area contributed by atoms with E-state index in [1.54, 1.807) is 17.6 Å². The summed E-state index contributed by atoms with van der Waals surface area (Å²) < 4.78 is 7.37. The van der Waals surface area contributed by atoms with Gasteiger partial charge in [-0.05, 0) is 55.2 Å². The van der Waals surface area contributed by atoms with Crippen LogP contribution in [-0.2, 0) is 24.2 Å². The van der Waals surface area contributed by atoms with Crippen LogP contribution in [-0.4, -0.2) is 26.4 Å². The number of thiophene rings is 1. The average molecular weight is 484 g/mol. The minimum atomic E-state index is -0.147. The summed E-state index contributed by atoms with van der Waals surface area (Å²) in [5, 5.41) is 22.6. The Kier molecular flexibility index (Phi) is 6.96. The van der Waals surface area contributed by atoms with Gasteiger partial charge in [0.15, 0.2) is 16.7 Å². The highest BCUT2D eigenvalue weighted by molar-refractivity contribution is 7.99. The first-order valence-corrected chi connectivity index (χ1v) is 13.1. The van der Waals surface area contributed by atoms with Crippen molar-refractivity contribution in [2.75, 3.05) is 11.1 Å². The number of rotatable bonds is 8. The van der Waals surface area contributed by atoms with Crippen LogP contribution in [0.5, 0.6) is 0 Å². The molecule has 1 aliphatic rings. The standard InChI is InChI=1S/C24H29N5O2S2/c1-5-24(3,4)15-9-10-16-17(13-25)22(33-19(16)12-15)26-20(30)14-32-23-28-27-21(29(23)6-2)18-8-7-11-31-18/h7-8,11,15H,5-6,9-10,12,14H2,1-4H3,(H,26,30)/t15-/m0/s1. The van der Waals surface area contributed by atoms with Gasteiger partial charge in [0.25, 0.3) is 0 Å². The van der Waals surface area contributed by atoms with Gasteiger partial charge in [0, 0.05) is 11.4 Å². The highest BCUT2D eigenvalue weighted by Gasteiger charge is 2.34. The number of nitrogens with zero attached hydrogens (tertiary/aromatic N) is 4. The minimum Gasteiger partial charge on any atom is -0.461 e. The van der Waals surface area contributed by atoms with Crippen molar-refractivity contribution in [2.24, 2.45) is 11.3 Å². The summed E-state index contributed by atoms with van der Waals surface area (Å²) in [6.07, 6.45) is 5.71. The molecule has 174 valence electrons. The van der Waals surface area contributed by atoms with Crippen LogP contribution in [0.2, 0.25) is 0 Å². The molecule has 0 saturated heterocycles. The molecule has 0 aromatic carbocycles. The summed E-state index contributed by atoms with van der Waals surface area (Å²) in [5.41, 5.74) is 2.04. The lowest BCUT2D eigenvalue weighted by molar-refractivity contribution is -0.113. The number of carbonyl (C=O) groups is 1. The topological polar surface area (TPSA) is 96.7 Å². The molecule has 7 nitrogen and oxygen atoms in total. The van der Waals surface area contributed by atoms with E-state index < -0.39 is 0 Å². The summed E-state index contributed by atoms with van der Waals surface area (Å²) in [6, 6.07) is 5.99. The molecule has 9 heteroatoms. The van der Waals surface area contributed by atoms with Gasteiger partial charge in [-0.1, -0.05) is 39.0 Å². The third kappa shape index (κ3) is 4.73. The predicted octanol–water partition coefficient (Wildman–Crippen LogP) is 5.76. The van der Waals surface area contributed by atoms with Crippen LogP contribution < -0.4 is 5.32 Å². The third-order valence-electron chi connectivity index (χ3n) is 6.75. The number of nitriles is 1. The number of nitrogens with one attached hydrogen (secondary N) is 1. The first-order chi connectivity index (χ1) is 15.9. The maximum absolute atomic E-state index is 12.8. The zero-order valence-electron chi connectivity index (χ0n) is 19.5. The second-order valence-electron chi connectivity index (χ2n) is 8.97. The highest BCUT2D eigenvalue weighted by atomic mass is 32.2. The normalized spacial score (nSPS) is 15.8. The number of hydrogen-bond donors (Lipinski definition) is 1. The molecule has 33 heavy (non-hydrogen) atoms. The molecule has 0 unspecified atom stereocenters. The fraction of sp³-hybridized carbons (Fsp3) is 0.500. The van der Waals surface area contributed by atoms with Gasteiger partial charge < -0.3 is 9.73 Å². The van der Waals surface area contributed by atoms with E-state index in [-0.39, 0.29) is 17.1 Å². The van der Waals surface area contributed by atoms with E-state index in [1.165, 1.54) is 16.6 Å². The van der Waals surface area contributed by atoms with Crippen molar-refractivity contribution in [3.05, 3.63) is 34.4 Å². The fourth-order valence-electron chi connectivity index (χ4n) is 4.31. The maximum atomic E-state index is 12.8. The van der Waals surface area contributed by atoms with Gasteiger partial charge in [-0.15, -0.1) is 21.5 Å². The Hall–Kier alpha value is -2.57. The Balaban J connectivity index is 1.44. The summed E-state index contributed by atoms with van der Waals surface area (Å²) in [5.74, 6) is 1.93. The Bertz CT molecular complexity index is 1170. The van der Waals surface area contributed by atoms with Crippen molar-refractivity contribution in [1.29, 1.82) is 5.26 Å². The molecule has 3 aromatic heterocycles. The quantitative estimate of drug-likeness (QED) is 0.409. The van der Waals surface area contributed by atoms with Crippen LogP contribution in [0.4, 0.5) is 5.00 Å². The Morgan fingerprint density at radius 1 is 1.42 bits per heavy atom. The Morgan fingerprint density at radius 2 is 2.24 bits per heavy atom. The van der Waals surface area contributed by atoms with E-state index in [2.05, 4.69) is 42.4 Å². The molecule has 0 spiro atoms. The number of amides is 1. The van der Waals surface area contributed by atoms with Gasteiger partial charge in [-0.25, -0.2) is 0 Å². The van der Waals surface area contributed by atoms with E-state index in [9.17, 15) is 10.1 Å². The zero-order valence-corrected chi connectivity index (χ0v) is 21.1. The van der Waals surface area contributed by atoms with Gasteiger partial charge in [0.1, 0.15) is 11.1 Å². The van der Waals surface area contributed by atoms with E-state index in [4.69, 9.17) is 4.42 Å². The largest absolute Gasteiger partial charge is 0.461 e. The third-order valence-corrected chi connectivity index (χ3v) is 8.89. The van der Waals surface area contributed by atoms with Crippen molar-refractivity contribution in [2.45, 2.75) is 65.1 Å². The molecule has 3 heterocycles. The van der Waals surface area contributed by atoms with Crippen molar-refractivity contribution in [1.82, 2.24) is 14.8 Å². The van der Waals surface area contributed by atoms with E-state index >= 15 is 0 Å². The molecule has 0 fully saturated rings. The molecule has 0 bridgehead atoms. The van der Waals surface area contributed by atoms with E-state index in [1.807, 2.05) is 23.6 Å². The Morgan fingerprint density at radius 3 is 2.91 bits per heavy atom. The highest BCUT2D eigenvalue weighted by Crippen LogP contribution is 2.45. The van der Waals surface area contributed by atoms with Crippen LogP contribution in [0.25, 0.3) is 11.6 Å². The minimum absolute atomic E-state index is 0.147. The first kappa shape index (κ1) is 23.6. The van der Waals surface area contributed by atoms with Crippen LogP contribution >= 0.6 is 23.1 Å². The number of thioether (sulfide) groups is 1. The summed E-state index contributed by atoms with van der Waals surface area (Å²) in [4.78, 5) is 14.0. The van der Waals surface area contributed by atoms with Crippen LogP contribution in [0.1, 0.15) is 56.5 Å². The SMILES string of the molecule is CCn1c(SCC(=O)Nc2sc3c(c2C#N)CC[C@H](C(C)(C)CC)C3)nnc1-c1ccco1. The average Bonchev–Trinajstić information content (AvgIpc) is 3.54. The van der Waals surface area contributed by atoms with Crippen LogP contribution in [0, 0.1) is 22.7 Å². The van der Waals surface area contributed by atoms with Crippen LogP contribution in [0.3, 0.4) is 0 Å². The molecule has 1 N–H and O–H groups in total. The number of carbonyl (C=O) groups excluding carboxylic acids is 1. The van der Waals surface area contributed by atoms with Gasteiger partial charge >= 0.3 is 0 Å². The van der Waals surface area contributed by atoms with Gasteiger partial charge in [0.2, 0.25) is 5.91 Å². The number of fused-ring (bicyclic) bond motifs is 1. The van der Waals surface area contributed by atoms with Gasteiger partial charge in [-0.2, -0.15) is 5.26 Å². The van der Waals surface area contributed by atoms with Gasteiger partial charge in [-0.3, -0.25) is 9.36 Å². The van der Waals surface area contributed by atoms with Crippen molar-refractivity contribution < 1.29 is 9.21 Å². The van der Waals surface area contributed by atoms with Crippen molar-refractivity contribution in [3.8, 4) is 17.7 Å². The van der Waals surface area contributed by atoms with E-state index in [0.717, 1.165) is 31.2 Å². The molecule has 0 aliphatic heterocycles. The molecule has 4 rings (SSSR count). The second-order valence-corrected chi connectivity index (χ2v) is 11.0. The summed E-state index contributed by atoms with van der Waals surface area (Å²) in [7, 11) is 0. The van der Waals surface area contributed by atoms with Crippen molar-refractivity contribution >= 4 is 34.0 Å². The molecular formula is C24H29N5O2S2. The molecule has 1 atom stereocenters. The lowest BCUT2D eigenvalue weighted by atomic mass is 9.69. The Labute approximate surface area is 202 Å². The van der Waals surface area contributed by atoms with Gasteiger partial charge in [0.05, 0.1) is 17.6 Å². The number of hydrogen-bond acceptors (Lipinski definition) is 7. The maximum Gasteiger partial charge on any atom is 0.235 e. The number of anilines is 1. The van der Waals surface area contributed by atoms with E-state index in [0.29, 0.717) is 39.8 Å². The summed E-state index contributed by atoms with van der Waals surface area (Å²) in [6.45, 7) is 9.56. The monoisotopic (exact) mass is 483 g/mol. The molecule has 1 aliphatic carbocycles. The predicted molar refractivity (Wildman–Crippen MR) is 131 cm³/mol. The zero-order chi connectivity index (χ0) is 23.6. The lowest BCUT2D eigenvalue weighted by Crippen LogP contribution is -2.28. The number of furan rings is 1. The molecule has 1 amide bonds. The number of aromatic nitrogens is 3. The molecular weight excluding hydrogens is 454 g/mol. The fourth-order valence-corrected chi connectivity index (χ4v) is 6.41.